The van der Waals surface area contributed by atoms with Gasteiger partial charge < -0.3 is 5.32 Å². The molecule has 0 aromatic heterocycles. The molecule has 1 aliphatic rings. The zero-order chi connectivity index (χ0) is 10.1. The van der Waals surface area contributed by atoms with Gasteiger partial charge in [-0.25, -0.2) is 4.39 Å². The van der Waals surface area contributed by atoms with Gasteiger partial charge in [0.1, 0.15) is 5.82 Å². The molecule has 2 rings (SSSR count). The molecule has 1 aromatic rings. The average molecular weight is 258 g/mol. The van der Waals surface area contributed by atoms with Gasteiger partial charge in [-0.2, -0.15) is 0 Å². The maximum Gasteiger partial charge on any atom is 0.142 e. The molecule has 76 valence electrons. The van der Waals surface area contributed by atoms with Gasteiger partial charge in [0.2, 0.25) is 0 Å². The van der Waals surface area contributed by atoms with Gasteiger partial charge in [0.15, 0.2) is 0 Å². The fourth-order valence-electron chi connectivity index (χ4n) is 1.96. The Labute approximate surface area is 91.8 Å². The summed E-state index contributed by atoms with van der Waals surface area (Å²) in [6.45, 7) is 2.98. The quantitative estimate of drug-likeness (QED) is 0.814. The summed E-state index contributed by atoms with van der Waals surface area (Å²) in [5, 5.41) is 3.31. The fourth-order valence-corrected chi connectivity index (χ4v) is 2.55. The number of hydrogen-bond acceptors (Lipinski definition) is 1. The molecule has 1 heterocycles. The highest BCUT2D eigenvalue weighted by atomic mass is 79.9. The number of aryl methyl sites for hydroxylation is 1. The van der Waals surface area contributed by atoms with Crippen molar-refractivity contribution in [2.75, 3.05) is 6.54 Å². The third-order valence-corrected chi connectivity index (χ3v) is 3.21. The van der Waals surface area contributed by atoms with Gasteiger partial charge >= 0.3 is 0 Å². The van der Waals surface area contributed by atoms with Gasteiger partial charge in [-0.1, -0.05) is 6.07 Å². The zero-order valence-corrected chi connectivity index (χ0v) is 9.70. The Bertz CT molecular complexity index is 345. The van der Waals surface area contributed by atoms with Gasteiger partial charge in [-0.15, -0.1) is 0 Å². The van der Waals surface area contributed by atoms with E-state index in [1.54, 1.807) is 0 Å². The van der Waals surface area contributed by atoms with Crippen molar-refractivity contribution in [1.29, 1.82) is 0 Å². The van der Waals surface area contributed by atoms with E-state index in [0.717, 1.165) is 30.5 Å². The van der Waals surface area contributed by atoms with Gasteiger partial charge in [0.25, 0.3) is 0 Å². The molecule has 0 amide bonds. The third-order valence-electron chi connectivity index (χ3n) is 2.64. The molecule has 0 spiro atoms. The van der Waals surface area contributed by atoms with E-state index in [-0.39, 0.29) is 11.9 Å². The summed E-state index contributed by atoms with van der Waals surface area (Å²) >= 11 is 3.24. The summed E-state index contributed by atoms with van der Waals surface area (Å²) in [7, 11) is 0. The highest BCUT2D eigenvalue weighted by Crippen LogP contribution is 2.30. The topological polar surface area (TPSA) is 12.0 Å². The van der Waals surface area contributed by atoms with Crippen LogP contribution in [0.2, 0.25) is 0 Å². The molecule has 1 unspecified atom stereocenters. The van der Waals surface area contributed by atoms with E-state index in [1.165, 1.54) is 0 Å². The van der Waals surface area contributed by atoms with Gasteiger partial charge in [-0.05, 0) is 53.9 Å². The van der Waals surface area contributed by atoms with Gasteiger partial charge in [0, 0.05) is 11.6 Å². The molecule has 3 heteroatoms. The van der Waals surface area contributed by atoms with Crippen LogP contribution in [-0.4, -0.2) is 6.54 Å². The number of nitrogens with one attached hydrogen (secondary N) is 1. The van der Waals surface area contributed by atoms with Crippen LogP contribution in [0.1, 0.15) is 30.0 Å². The molecule has 1 nitrogen and oxygen atoms in total. The molecular formula is C11H13BrFN. The molecule has 1 fully saturated rings. The van der Waals surface area contributed by atoms with Crippen molar-refractivity contribution in [1.82, 2.24) is 5.32 Å². The Morgan fingerprint density at radius 2 is 2.29 bits per heavy atom. The smallest absolute Gasteiger partial charge is 0.142 e. The number of benzene rings is 1. The van der Waals surface area contributed by atoms with Crippen LogP contribution in [0.15, 0.2) is 16.6 Å². The van der Waals surface area contributed by atoms with Crippen LogP contribution in [0, 0.1) is 12.7 Å². The van der Waals surface area contributed by atoms with E-state index in [2.05, 4.69) is 21.2 Å². The second kappa shape index (κ2) is 3.99. The summed E-state index contributed by atoms with van der Waals surface area (Å²) in [4.78, 5) is 0. The second-order valence-corrected chi connectivity index (χ2v) is 4.65. The van der Waals surface area contributed by atoms with Crippen LogP contribution < -0.4 is 5.32 Å². The molecule has 0 bridgehead atoms. The highest BCUT2D eigenvalue weighted by Gasteiger charge is 2.20. The second-order valence-electron chi connectivity index (χ2n) is 3.80. The average Bonchev–Trinajstić information content (AvgIpc) is 2.63. The van der Waals surface area contributed by atoms with Crippen LogP contribution in [0.4, 0.5) is 4.39 Å². The SMILES string of the molecule is Cc1cc(Br)c(F)c(C2CCCN2)c1. The predicted octanol–water partition coefficient (Wildman–Crippen LogP) is 3.32. The van der Waals surface area contributed by atoms with Crippen LogP contribution in [0.3, 0.4) is 0 Å². The largest absolute Gasteiger partial charge is 0.310 e. The number of hydrogen-bond donors (Lipinski definition) is 1. The summed E-state index contributed by atoms with van der Waals surface area (Å²) in [5.74, 6) is -0.116. The van der Waals surface area contributed by atoms with Gasteiger partial charge in [0.05, 0.1) is 4.47 Å². The van der Waals surface area contributed by atoms with E-state index < -0.39 is 0 Å². The van der Waals surface area contributed by atoms with Crippen LogP contribution in [0.5, 0.6) is 0 Å². The first-order valence-corrected chi connectivity index (χ1v) is 5.66. The van der Waals surface area contributed by atoms with E-state index in [1.807, 2.05) is 19.1 Å². The Kier molecular flexibility index (Phi) is 2.88. The highest BCUT2D eigenvalue weighted by molar-refractivity contribution is 9.10. The van der Waals surface area contributed by atoms with Crippen molar-refractivity contribution >= 4 is 15.9 Å². The first-order chi connectivity index (χ1) is 6.68. The molecule has 1 atom stereocenters. The first kappa shape index (κ1) is 10.1. The van der Waals surface area contributed by atoms with E-state index >= 15 is 0 Å². The fraction of sp³-hybridized carbons (Fsp3) is 0.455. The van der Waals surface area contributed by atoms with Crippen molar-refractivity contribution in [2.45, 2.75) is 25.8 Å². The maximum absolute atomic E-state index is 13.7. The number of halogens is 2. The minimum absolute atomic E-state index is 0.116. The van der Waals surface area contributed by atoms with Crippen molar-refractivity contribution in [3.05, 3.63) is 33.5 Å². The summed E-state index contributed by atoms with van der Waals surface area (Å²) in [6.07, 6.45) is 2.17. The van der Waals surface area contributed by atoms with Crippen molar-refractivity contribution < 1.29 is 4.39 Å². The minimum atomic E-state index is -0.116. The van der Waals surface area contributed by atoms with Crippen LogP contribution in [0.25, 0.3) is 0 Å². The minimum Gasteiger partial charge on any atom is -0.310 e. The lowest BCUT2D eigenvalue weighted by Gasteiger charge is -2.13. The molecule has 14 heavy (non-hydrogen) atoms. The first-order valence-electron chi connectivity index (χ1n) is 4.87. The van der Waals surface area contributed by atoms with Crippen LogP contribution in [-0.2, 0) is 0 Å². The Balaban J connectivity index is 2.40. The van der Waals surface area contributed by atoms with Crippen LogP contribution >= 0.6 is 15.9 Å². The summed E-state index contributed by atoms with van der Waals surface area (Å²) in [5.41, 5.74) is 1.90. The molecular weight excluding hydrogens is 245 g/mol. The van der Waals surface area contributed by atoms with Crippen molar-refractivity contribution in [3.63, 3.8) is 0 Å². The van der Waals surface area contributed by atoms with E-state index in [0.29, 0.717) is 4.47 Å². The Morgan fingerprint density at radius 1 is 1.50 bits per heavy atom. The van der Waals surface area contributed by atoms with Gasteiger partial charge in [-0.3, -0.25) is 0 Å². The lowest BCUT2D eigenvalue weighted by molar-refractivity contribution is 0.553. The molecule has 1 aromatic carbocycles. The number of rotatable bonds is 1. The molecule has 1 N–H and O–H groups in total. The van der Waals surface area contributed by atoms with Crippen molar-refractivity contribution in [3.8, 4) is 0 Å². The lowest BCUT2D eigenvalue weighted by atomic mass is 10.0. The Hall–Kier alpha value is -0.410. The van der Waals surface area contributed by atoms with E-state index in [9.17, 15) is 4.39 Å². The maximum atomic E-state index is 13.7. The van der Waals surface area contributed by atoms with Crippen molar-refractivity contribution in [2.24, 2.45) is 0 Å². The normalized spacial score (nSPS) is 21.5. The third kappa shape index (κ3) is 1.84. The monoisotopic (exact) mass is 257 g/mol. The molecule has 0 radical (unpaired) electrons. The zero-order valence-electron chi connectivity index (χ0n) is 8.11. The standard InChI is InChI=1S/C11H13BrFN/c1-7-5-8(10-3-2-4-14-10)11(13)9(12)6-7/h5-6,10,14H,2-4H2,1H3. The molecule has 1 saturated heterocycles. The van der Waals surface area contributed by atoms with E-state index in [4.69, 9.17) is 0 Å². The molecule has 1 aliphatic heterocycles. The predicted molar refractivity (Wildman–Crippen MR) is 58.8 cm³/mol. The Morgan fingerprint density at radius 3 is 2.93 bits per heavy atom. The molecule has 0 aliphatic carbocycles. The molecule has 0 saturated carbocycles. The summed E-state index contributed by atoms with van der Waals surface area (Å²) < 4.78 is 14.3. The lowest BCUT2D eigenvalue weighted by Crippen LogP contribution is -2.14. The summed E-state index contributed by atoms with van der Waals surface area (Å²) in [6, 6.07) is 3.95.